The molecule has 0 saturated carbocycles. The molecule has 88 valence electrons. The van der Waals surface area contributed by atoms with E-state index >= 15 is 0 Å². The van der Waals surface area contributed by atoms with Crippen molar-refractivity contribution >= 4 is 5.91 Å². The van der Waals surface area contributed by atoms with Gasteiger partial charge < -0.3 is 4.90 Å². The molecule has 1 heterocycles. The summed E-state index contributed by atoms with van der Waals surface area (Å²) in [5.41, 5.74) is 0.0505. The SMILES string of the molecule is CN(Cc1ncn[nH]1)C(=O)c1ccccc1F. The van der Waals surface area contributed by atoms with E-state index in [0.717, 1.165) is 0 Å². The van der Waals surface area contributed by atoms with E-state index in [1.54, 1.807) is 19.2 Å². The Morgan fingerprint density at radius 1 is 1.47 bits per heavy atom. The van der Waals surface area contributed by atoms with Crippen LogP contribution in [0.2, 0.25) is 0 Å². The first-order valence-electron chi connectivity index (χ1n) is 5.02. The Morgan fingerprint density at radius 2 is 2.24 bits per heavy atom. The van der Waals surface area contributed by atoms with Crippen LogP contribution in [0.3, 0.4) is 0 Å². The number of aromatic nitrogens is 3. The molecule has 1 amide bonds. The van der Waals surface area contributed by atoms with Crippen LogP contribution in [0.5, 0.6) is 0 Å². The third-order valence-electron chi connectivity index (χ3n) is 2.30. The maximum absolute atomic E-state index is 13.4. The topological polar surface area (TPSA) is 61.9 Å². The minimum atomic E-state index is -0.526. The molecule has 0 saturated heterocycles. The summed E-state index contributed by atoms with van der Waals surface area (Å²) in [6.45, 7) is 0.257. The number of carbonyl (C=O) groups excluding carboxylic acids is 1. The third-order valence-corrected chi connectivity index (χ3v) is 2.30. The van der Waals surface area contributed by atoms with Crippen molar-refractivity contribution in [3.8, 4) is 0 Å². The number of H-pyrrole nitrogens is 1. The van der Waals surface area contributed by atoms with Crippen LogP contribution in [0.25, 0.3) is 0 Å². The number of hydrogen-bond donors (Lipinski definition) is 1. The van der Waals surface area contributed by atoms with Gasteiger partial charge in [-0.2, -0.15) is 5.10 Å². The molecule has 0 bridgehead atoms. The van der Waals surface area contributed by atoms with Crippen LogP contribution in [-0.4, -0.2) is 33.0 Å². The summed E-state index contributed by atoms with van der Waals surface area (Å²) in [7, 11) is 1.58. The Morgan fingerprint density at radius 3 is 2.88 bits per heavy atom. The molecule has 2 aromatic rings. The second-order valence-electron chi connectivity index (χ2n) is 3.57. The number of aromatic amines is 1. The quantitative estimate of drug-likeness (QED) is 0.868. The average molecular weight is 234 g/mol. The van der Waals surface area contributed by atoms with Gasteiger partial charge in [0.15, 0.2) is 0 Å². The molecule has 0 unspecified atom stereocenters. The molecule has 2 rings (SSSR count). The highest BCUT2D eigenvalue weighted by atomic mass is 19.1. The molecule has 0 aliphatic heterocycles. The first kappa shape index (κ1) is 11.3. The van der Waals surface area contributed by atoms with Crippen LogP contribution >= 0.6 is 0 Å². The number of rotatable bonds is 3. The molecule has 17 heavy (non-hydrogen) atoms. The second kappa shape index (κ2) is 4.73. The number of nitrogens with zero attached hydrogens (tertiary/aromatic N) is 3. The molecule has 6 heteroatoms. The number of nitrogens with one attached hydrogen (secondary N) is 1. The summed E-state index contributed by atoms with van der Waals surface area (Å²) >= 11 is 0. The normalized spacial score (nSPS) is 10.2. The fourth-order valence-electron chi connectivity index (χ4n) is 1.44. The van der Waals surface area contributed by atoms with Crippen LogP contribution in [0.1, 0.15) is 16.2 Å². The lowest BCUT2D eigenvalue weighted by Gasteiger charge is -2.15. The number of amides is 1. The number of benzene rings is 1. The predicted octanol–water partition coefficient (Wildman–Crippen LogP) is 1.22. The molecular formula is C11H11FN4O. The lowest BCUT2D eigenvalue weighted by molar-refractivity contribution is 0.0777. The summed E-state index contributed by atoms with van der Waals surface area (Å²) in [6, 6.07) is 5.88. The van der Waals surface area contributed by atoms with Gasteiger partial charge in [-0.25, -0.2) is 9.37 Å². The van der Waals surface area contributed by atoms with E-state index < -0.39 is 5.82 Å². The van der Waals surface area contributed by atoms with E-state index in [1.807, 2.05) is 0 Å². The largest absolute Gasteiger partial charge is 0.334 e. The van der Waals surface area contributed by atoms with Crippen LogP contribution in [-0.2, 0) is 6.54 Å². The van der Waals surface area contributed by atoms with Crippen molar-refractivity contribution in [1.29, 1.82) is 0 Å². The maximum Gasteiger partial charge on any atom is 0.256 e. The smallest absolute Gasteiger partial charge is 0.256 e. The van der Waals surface area contributed by atoms with Gasteiger partial charge in [0.2, 0.25) is 0 Å². The summed E-state index contributed by atoms with van der Waals surface area (Å²) in [5, 5.41) is 6.32. The van der Waals surface area contributed by atoms with Crippen LogP contribution in [0, 0.1) is 5.82 Å². The van der Waals surface area contributed by atoms with Gasteiger partial charge in [-0.1, -0.05) is 12.1 Å². The molecular weight excluding hydrogens is 223 g/mol. The van der Waals surface area contributed by atoms with Crippen LogP contribution in [0.4, 0.5) is 4.39 Å². The van der Waals surface area contributed by atoms with E-state index in [9.17, 15) is 9.18 Å². The van der Waals surface area contributed by atoms with Gasteiger partial charge in [-0.15, -0.1) is 0 Å². The highest BCUT2D eigenvalue weighted by Crippen LogP contribution is 2.10. The first-order valence-corrected chi connectivity index (χ1v) is 5.02. The summed E-state index contributed by atoms with van der Waals surface area (Å²) in [5.74, 6) is -0.362. The lowest BCUT2D eigenvalue weighted by atomic mass is 10.2. The maximum atomic E-state index is 13.4. The lowest BCUT2D eigenvalue weighted by Crippen LogP contribution is -2.27. The van der Waals surface area contributed by atoms with E-state index in [2.05, 4.69) is 15.2 Å². The standard InChI is InChI=1S/C11H11FN4O/c1-16(6-10-13-7-14-15-10)11(17)8-4-2-3-5-9(8)12/h2-5,7H,6H2,1H3,(H,13,14,15). The molecule has 0 atom stereocenters. The molecule has 0 spiro atoms. The van der Waals surface area contributed by atoms with E-state index in [4.69, 9.17) is 0 Å². The fraction of sp³-hybridized carbons (Fsp3) is 0.182. The van der Waals surface area contributed by atoms with Crippen LogP contribution in [0.15, 0.2) is 30.6 Å². The molecule has 0 radical (unpaired) electrons. The highest BCUT2D eigenvalue weighted by Gasteiger charge is 2.16. The Balaban J connectivity index is 2.13. The van der Waals surface area contributed by atoms with Gasteiger partial charge in [-0.05, 0) is 12.1 Å². The molecule has 1 N–H and O–H groups in total. The monoisotopic (exact) mass is 234 g/mol. The van der Waals surface area contributed by atoms with Crippen molar-refractivity contribution in [2.24, 2.45) is 0 Å². The van der Waals surface area contributed by atoms with Crippen molar-refractivity contribution in [2.75, 3.05) is 7.05 Å². The average Bonchev–Trinajstić information content (AvgIpc) is 2.81. The third kappa shape index (κ3) is 2.47. The minimum Gasteiger partial charge on any atom is -0.334 e. The number of hydrogen-bond acceptors (Lipinski definition) is 3. The Labute approximate surface area is 97.3 Å². The first-order chi connectivity index (χ1) is 8.18. The van der Waals surface area contributed by atoms with Crippen LogP contribution < -0.4 is 0 Å². The Kier molecular flexibility index (Phi) is 3.13. The van der Waals surface area contributed by atoms with Gasteiger partial charge in [0, 0.05) is 7.05 Å². The molecule has 0 aliphatic carbocycles. The van der Waals surface area contributed by atoms with Crippen molar-refractivity contribution in [3.63, 3.8) is 0 Å². The summed E-state index contributed by atoms with van der Waals surface area (Å²) in [6.07, 6.45) is 1.36. The minimum absolute atomic E-state index is 0.0505. The molecule has 1 aromatic carbocycles. The van der Waals surface area contributed by atoms with Crippen molar-refractivity contribution in [1.82, 2.24) is 20.1 Å². The number of carbonyl (C=O) groups is 1. The predicted molar refractivity (Wildman–Crippen MR) is 58.6 cm³/mol. The molecule has 5 nitrogen and oxygen atoms in total. The van der Waals surface area contributed by atoms with Gasteiger partial charge in [-0.3, -0.25) is 9.89 Å². The second-order valence-corrected chi connectivity index (χ2v) is 3.57. The van der Waals surface area contributed by atoms with Gasteiger partial charge >= 0.3 is 0 Å². The number of halogens is 1. The van der Waals surface area contributed by atoms with E-state index in [1.165, 1.54) is 23.4 Å². The van der Waals surface area contributed by atoms with Gasteiger partial charge in [0.05, 0.1) is 12.1 Å². The molecule has 1 aromatic heterocycles. The van der Waals surface area contributed by atoms with Crippen molar-refractivity contribution < 1.29 is 9.18 Å². The zero-order chi connectivity index (χ0) is 12.3. The van der Waals surface area contributed by atoms with E-state index in [-0.39, 0.29) is 18.0 Å². The highest BCUT2D eigenvalue weighted by molar-refractivity contribution is 5.94. The Bertz CT molecular complexity index is 512. The van der Waals surface area contributed by atoms with E-state index in [0.29, 0.717) is 5.82 Å². The summed E-state index contributed by atoms with van der Waals surface area (Å²) < 4.78 is 13.4. The molecule has 0 fully saturated rings. The van der Waals surface area contributed by atoms with Gasteiger partial charge in [0.25, 0.3) is 5.91 Å². The van der Waals surface area contributed by atoms with Crippen molar-refractivity contribution in [2.45, 2.75) is 6.54 Å². The zero-order valence-corrected chi connectivity index (χ0v) is 9.22. The van der Waals surface area contributed by atoms with Gasteiger partial charge in [0.1, 0.15) is 18.0 Å². The zero-order valence-electron chi connectivity index (χ0n) is 9.22. The fourth-order valence-corrected chi connectivity index (χ4v) is 1.44. The van der Waals surface area contributed by atoms with Crippen molar-refractivity contribution in [3.05, 3.63) is 47.8 Å². The molecule has 0 aliphatic rings. The Hall–Kier alpha value is -2.24. The summed E-state index contributed by atoms with van der Waals surface area (Å²) in [4.78, 5) is 17.2.